The van der Waals surface area contributed by atoms with Gasteiger partial charge in [-0.2, -0.15) is 0 Å². The van der Waals surface area contributed by atoms with E-state index in [2.05, 4.69) is 104 Å². The number of rotatable bonds is 26. The Labute approximate surface area is 316 Å². The molecule has 4 atom stereocenters. The second kappa shape index (κ2) is 23.9. The van der Waals surface area contributed by atoms with Crippen molar-refractivity contribution in [2.45, 2.75) is 207 Å². The number of aromatic hydroxyl groups is 1. The van der Waals surface area contributed by atoms with Gasteiger partial charge in [0, 0.05) is 5.56 Å². The van der Waals surface area contributed by atoms with Crippen LogP contribution in [0, 0.1) is 0 Å². The summed E-state index contributed by atoms with van der Waals surface area (Å²) in [6, 6.07) is 20.7. The molecule has 4 unspecified atom stereocenters. The molecule has 51 heavy (non-hydrogen) atoms. The van der Waals surface area contributed by atoms with Crippen molar-refractivity contribution in [1.29, 1.82) is 0 Å². The third kappa shape index (κ3) is 12.8. The summed E-state index contributed by atoms with van der Waals surface area (Å²) in [7, 11) is 0. The fraction of sp³-hybridized carbons (Fsp3) is 0.640. The summed E-state index contributed by atoms with van der Waals surface area (Å²) in [5.41, 5.74) is 11.9. The van der Waals surface area contributed by atoms with Crippen LogP contribution in [0.15, 0.2) is 54.6 Å². The number of aryl methyl sites for hydroxylation is 2. The topological polar surface area (TPSA) is 20.2 Å². The van der Waals surface area contributed by atoms with Crippen molar-refractivity contribution in [2.24, 2.45) is 0 Å². The molecule has 1 N–H and O–H groups in total. The van der Waals surface area contributed by atoms with Crippen molar-refractivity contribution in [2.75, 3.05) is 0 Å². The van der Waals surface area contributed by atoms with Crippen molar-refractivity contribution in [3.8, 4) is 5.75 Å². The van der Waals surface area contributed by atoms with Gasteiger partial charge in [-0.15, -0.1) is 0 Å². The van der Waals surface area contributed by atoms with E-state index in [-0.39, 0.29) is 5.92 Å². The lowest BCUT2D eigenvalue weighted by Gasteiger charge is -2.31. The summed E-state index contributed by atoms with van der Waals surface area (Å²) < 4.78 is 0. The summed E-state index contributed by atoms with van der Waals surface area (Å²) in [6.07, 6.45) is 25.5. The molecule has 3 aromatic rings. The maximum absolute atomic E-state index is 11.7. The van der Waals surface area contributed by atoms with E-state index in [0.29, 0.717) is 23.5 Å². The lowest BCUT2D eigenvalue weighted by Crippen LogP contribution is -2.15. The maximum atomic E-state index is 11.7. The lowest BCUT2D eigenvalue weighted by molar-refractivity contribution is 0.451. The number of hydrogen-bond acceptors (Lipinski definition) is 1. The van der Waals surface area contributed by atoms with Gasteiger partial charge in [-0.05, 0) is 120 Å². The van der Waals surface area contributed by atoms with Crippen molar-refractivity contribution in [3.05, 3.63) is 99.1 Å². The second-order valence-corrected chi connectivity index (χ2v) is 16.1. The number of phenolic OH excluding ortho intramolecular Hbond substituents is 1. The van der Waals surface area contributed by atoms with Gasteiger partial charge in [0.05, 0.1) is 0 Å². The van der Waals surface area contributed by atoms with E-state index in [9.17, 15) is 5.11 Å². The first-order valence-electron chi connectivity index (χ1n) is 21.8. The molecule has 0 saturated carbocycles. The molecule has 0 saturated heterocycles. The molecule has 0 radical (unpaired) electrons. The normalized spacial score (nSPS) is 14.0. The predicted octanol–water partition coefficient (Wildman–Crippen LogP) is 15.7. The Hall–Kier alpha value is -2.54. The Kier molecular flexibility index (Phi) is 20.1. The van der Waals surface area contributed by atoms with Crippen LogP contribution in [0.1, 0.15) is 226 Å². The number of unbranched alkanes of at least 4 members (excludes halogenated alkanes) is 12. The van der Waals surface area contributed by atoms with Crippen LogP contribution in [-0.2, 0) is 25.7 Å². The largest absolute Gasteiger partial charge is 0.508 e. The van der Waals surface area contributed by atoms with Crippen molar-refractivity contribution < 1.29 is 5.11 Å². The first-order valence-corrected chi connectivity index (χ1v) is 21.8. The van der Waals surface area contributed by atoms with E-state index in [0.717, 1.165) is 5.56 Å². The van der Waals surface area contributed by atoms with Crippen molar-refractivity contribution in [3.63, 3.8) is 0 Å². The third-order valence-corrected chi connectivity index (χ3v) is 12.3. The summed E-state index contributed by atoms with van der Waals surface area (Å²) in [4.78, 5) is 0. The monoisotopic (exact) mass is 695 g/mol. The van der Waals surface area contributed by atoms with E-state index < -0.39 is 0 Å². The molecule has 3 aromatic carbocycles. The van der Waals surface area contributed by atoms with Crippen LogP contribution in [0.4, 0.5) is 0 Å². The first-order chi connectivity index (χ1) is 24.8. The minimum Gasteiger partial charge on any atom is -0.508 e. The third-order valence-electron chi connectivity index (χ3n) is 12.3. The van der Waals surface area contributed by atoms with E-state index in [1.54, 1.807) is 22.3 Å². The van der Waals surface area contributed by atoms with Gasteiger partial charge in [0.25, 0.3) is 0 Å². The smallest absolute Gasteiger partial charge is 0.119 e. The highest BCUT2D eigenvalue weighted by molar-refractivity contribution is 5.49. The van der Waals surface area contributed by atoms with Gasteiger partial charge in [0.15, 0.2) is 0 Å². The lowest BCUT2D eigenvalue weighted by atomic mass is 9.73. The Morgan fingerprint density at radius 1 is 0.392 bits per heavy atom. The molecule has 0 spiro atoms. The standard InChI is InChI=1S/C50H78O/c1-9-13-17-21-28-42-30-25-34-44(47(42)32-23-19-15-11-3)38(5)39(6)46-36-27-37-49(51)50(46)41(8)40(7)45-35-26-31-43(29-22-18-14-10-2)48(45)33-24-20-16-12-4/h25-27,30-31,34-41,51H,9-24,28-29,32-33H2,1-8H3. The molecule has 0 heterocycles. The van der Waals surface area contributed by atoms with Crippen LogP contribution < -0.4 is 0 Å². The van der Waals surface area contributed by atoms with E-state index in [1.165, 1.54) is 145 Å². The van der Waals surface area contributed by atoms with Crippen molar-refractivity contribution in [1.82, 2.24) is 0 Å². The van der Waals surface area contributed by atoms with E-state index >= 15 is 0 Å². The summed E-state index contributed by atoms with van der Waals surface area (Å²) in [5.74, 6) is 1.65. The maximum Gasteiger partial charge on any atom is 0.119 e. The molecule has 0 aliphatic carbocycles. The summed E-state index contributed by atoms with van der Waals surface area (Å²) in [5, 5.41) is 11.7. The molecule has 284 valence electrons. The van der Waals surface area contributed by atoms with Crippen LogP contribution in [0.5, 0.6) is 5.75 Å². The molecule has 0 bridgehead atoms. The molecule has 0 fully saturated rings. The highest BCUT2D eigenvalue weighted by Gasteiger charge is 2.29. The molecule has 0 amide bonds. The molecule has 0 aromatic heterocycles. The Morgan fingerprint density at radius 3 is 1.18 bits per heavy atom. The Balaban J connectivity index is 1.98. The van der Waals surface area contributed by atoms with Gasteiger partial charge in [-0.3, -0.25) is 0 Å². The van der Waals surface area contributed by atoms with Gasteiger partial charge in [0.1, 0.15) is 5.75 Å². The Bertz CT molecular complexity index is 1380. The van der Waals surface area contributed by atoms with Gasteiger partial charge in [-0.1, -0.05) is 181 Å². The van der Waals surface area contributed by atoms with Gasteiger partial charge in [-0.25, -0.2) is 0 Å². The molecule has 1 heteroatoms. The summed E-state index contributed by atoms with van der Waals surface area (Å²) in [6.45, 7) is 18.9. The van der Waals surface area contributed by atoms with E-state index in [4.69, 9.17) is 0 Å². The van der Waals surface area contributed by atoms with Crippen LogP contribution in [0.25, 0.3) is 0 Å². The fourth-order valence-corrected chi connectivity index (χ4v) is 8.70. The van der Waals surface area contributed by atoms with E-state index in [1.807, 2.05) is 6.07 Å². The van der Waals surface area contributed by atoms with Crippen LogP contribution >= 0.6 is 0 Å². The second-order valence-electron chi connectivity index (χ2n) is 16.1. The summed E-state index contributed by atoms with van der Waals surface area (Å²) >= 11 is 0. The molecular formula is C50H78O. The van der Waals surface area contributed by atoms with Crippen LogP contribution in [0.3, 0.4) is 0 Å². The highest BCUT2D eigenvalue weighted by Crippen LogP contribution is 2.46. The zero-order valence-corrected chi connectivity index (χ0v) is 34.6. The van der Waals surface area contributed by atoms with Crippen LogP contribution in [0.2, 0.25) is 0 Å². The molecule has 1 nitrogen and oxygen atoms in total. The molecule has 3 rings (SSSR count). The first kappa shape index (κ1) is 42.9. The van der Waals surface area contributed by atoms with Gasteiger partial charge < -0.3 is 5.11 Å². The minimum atomic E-state index is 0.207. The highest BCUT2D eigenvalue weighted by atomic mass is 16.3. The molecule has 0 aliphatic heterocycles. The number of benzene rings is 3. The molecular weight excluding hydrogens is 617 g/mol. The van der Waals surface area contributed by atoms with Gasteiger partial charge in [0.2, 0.25) is 0 Å². The fourth-order valence-electron chi connectivity index (χ4n) is 8.70. The van der Waals surface area contributed by atoms with Crippen LogP contribution in [-0.4, -0.2) is 5.11 Å². The SMILES string of the molecule is CCCCCCc1cccc(C(C)C(C)c2cccc(O)c2C(C)C(C)c2cccc(CCCCCC)c2CCCCCC)c1CCCCCC. The Morgan fingerprint density at radius 2 is 0.745 bits per heavy atom. The zero-order valence-electron chi connectivity index (χ0n) is 34.6. The average Bonchev–Trinajstić information content (AvgIpc) is 3.14. The molecule has 0 aliphatic rings. The quantitative estimate of drug-likeness (QED) is 0.0829. The number of hydrogen-bond donors (Lipinski definition) is 1. The minimum absolute atomic E-state index is 0.207. The number of phenols is 1. The zero-order chi connectivity index (χ0) is 37.0. The predicted molar refractivity (Wildman–Crippen MR) is 226 cm³/mol. The van der Waals surface area contributed by atoms with Crippen molar-refractivity contribution >= 4 is 0 Å². The average molecular weight is 695 g/mol. The van der Waals surface area contributed by atoms with Gasteiger partial charge >= 0.3 is 0 Å².